The summed E-state index contributed by atoms with van der Waals surface area (Å²) in [6.07, 6.45) is 2.86. The maximum Gasteiger partial charge on any atom is 0.332 e. The van der Waals surface area contributed by atoms with Crippen molar-refractivity contribution in [2.45, 2.75) is 39.7 Å². The molecule has 1 saturated heterocycles. The predicted octanol–water partition coefficient (Wildman–Crippen LogP) is 2.63. The number of anilines is 1. The van der Waals surface area contributed by atoms with E-state index in [-0.39, 0.29) is 22.5 Å². The topological polar surface area (TPSA) is 106 Å². The summed E-state index contributed by atoms with van der Waals surface area (Å²) < 4.78 is 2.02. The molecule has 0 bridgehead atoms. The summed E-state index contributed by atoms with van der Waals surface area (Å²) in [6.45, 7) is 4.27. The van der Waals surface area contributed by atoms with Gasteiger partial charge >= 0.3 is 5.69 Å². The molecule has 1 N–H and O–H groups in total. The number of carbonyl (C=O) groups excluding carboxylic acids is 2. The first-order chi connectivity index (χ1) is 16.2. The van der Waals surface area contributed by atoms with Crippen LogP contribution in [-0.4, -0.2) is 43.9 Å². The Hall–Kier alpha value is -3.46. The number of aryl methyl sites for hydroxylation is 3. The van der Waals surface area contributed by atoms with Gasteiger partial charge in [0, 0.05) is 25.8 Å². The van der Waals surface area contributed by atoms with Gasteiger partial charge < -0.3 is 10.2 Å². The number of amides is 2. The zero-order valence-electron chi connectivity index (χ0n) is 19.4. The molecular weight excluding hydrogens is 458 g/mol. The minimum Gasteiger partial charge on any atom is -0.339 e. The van der Waals surface area contributed by atoms with E-state index < -0.39 is 23.7 Å². The highest BCUT2D eigenvalue weighted by Gasteiger charge is 2.25. The molecule has 1 aliphatic rings. The molecule has 1 aliphatic heterocycles. The van der Waals surface area contributed by atoms with E-state index in [1.165, 1.54) is 11.6 Å². The van der Waals surface area contributed by atoms with Crippen LogP contribution in [0.4, 0.5) is 5.69 Å². The molecule has 2 amide bonds. The molecule has 3 heterocycles. The summed E-state index contributed by atoms with van der Waals surface area (Å²) in [7, 11) is 1.47. The van der Waals surface area contributed by atoms with Crippen LogP contribution in [0.3, 0.4) is 0 Å². The Balaban J connectivity index is 1.78. The number of nitrogens with one attached hydrogen (secondary N) is 1. The number of benzene rings is 1. The highest BCUT2D eigenvalue weighted by Crippen LogP contribution is 2.23. The van der Waals surface area contributed by atoms with Crippen molar-refractivity contribution >= 4 is 40.1 Å². The third-order valence-corrected chi connectivity index (χ3v) is 6.31. The largest absolute Gasteiger partial charge is 0.339 e. The summed E-state index contributed by atoms with van der Waals surface area (Å²) in [5.41, 5.74) is 0.715. The van der Waals surface area contributed by atoms with Gasteiger partial charge in [-0.1, -0.05) is 17.7 Å². The van der Waals surface area contributed by atoms with Crippen LogP contribution in [0.25, 0.3) is 11.0 Å². The normalized spacial score (nSPS) is 13.8. The van der Waals surface area contributed by atoms with Crippen molar-refractivity contribution in [1.29, 1.82) is 0 Å². The molecular formula is C24H26ClN5O4. The van der Waals surface area contributed by atoms with Crippen molar-refractivity contribution in [3.63, 3.8) is 0 Å². The number of rotatable bonds is 4. The Bertz CT molecular complexity index is 1420. The van der Waals surface area contributed by atoms with Gasteiger partial charge in [-0.15, -0.1) is 0 Å². The van der Waals surface area contributed by atoms with Gasteiger partial charge in [-0.05, 0) is 56.9 Å². The van der Waals surface area contributed by atoms with Crippen molar-refractivity contribution in [2.75, 3.05) is 18.4 Å². The van der Waals surface area contributed by atoms with Crippen LogP contribution in [0, 0.1) is 13.8 Å². The average Bonchev–Trinajstić information content (AvgIpc) is 2.81. The number of halogens is 1. The lowest BCUT2D eigenvalue weighted by molar-refractivity contribution is -0.116. The number of pyridine rings is 1. The fourth-order valence-electron chi connectivity index (χ4n) is 4.23. The van der Waals surface area contributed by atoms with E-state index in [1.807, 2.05) is 6.92 Å². The van der Waals surface area contributed by atoms with Crippen molar-refractivity contribution in [1.82, 2.24) is 19.0 Å². The second-order valence-electron chi connectivity index (χ2n) is 8.63. The second-order valence-corrected chi connectivity index (χ2v) is 9.03. The number of hydrogen-bond donors (Lipinski definition) is 1. The summed E-state index contributed by atoms with van der Waals surface area (Å²) in [4.78, 5) is 58.6. The fraction of sp³-hybridized carbons (Fsp3) is 0.375. The maximum absolute atomic E-state index is 13.5. The van der Waals surface area contributed by atoms with E-state index in [2.05, 4.69) is 10.3 Å². The van der Waals surface area contributed by atoms with E-state index in [0.29, 0.717) is 29.5 Å². The van der Waals surface area contributed by atoms with E-state index in [0.717, 1.165) is 29.4 Å². The zero-order valence-corrected chi connectivity index (χ0v) is 20.1. The Morgan fingerprint density at radius 2 is 1.79 bits per heavy atom. The van der Waals surface area contributed by atoms with E-state index in [1.54, 1.807) is 36.1 Å². The molecule has 0 aliphatic carbocycles. The number of aromatic nitrogens is 3. The highest BCUT2D eigenvalue weighted by atomic mass is 35.5. The standard InChI is InChI=1S/C24H26ClN5O4/c1-14-7-8-18(17(25)11-14)27-19(31)13-30-23(33)20-16(22(32)29-9-5-4-6-10-29)12-15(2)26-21(20)28(3)24(30)34/h7-8,11-12H,4-6,9-10,13H2,1-3H3,(H,27,31). The minimum absolute atomic E-state index is 0.0319. The van der Waals surface area contributed by atoms with E-state index >= 15 is 0 Å². The molecule has 0 spiro atoms. The molecule has 1 aromatic carbocycles. The lowest BCUT2D eigenvalue weighted by Crippen LogP contribution is -2.43. The summed E-state index contributed by atoms with van der Waals surface area (Å²) in [6, 6.07) is 6.71. The van der Waals surface area contributed by atoms with Crippen LogP contribution in [0.5, 0.6) is 0 Å². The number of fused-ring (bicyclic) bond motifs is 1. The SMILES string of the molecule is Cc1ccc(NC(=O)Cn2c(=O)c3c(C(=O)N4CCCCC4)cc(C)nc3n(C)c2=O)c(Cl)c1. The fourth-order valence-corrected chi connectivity index (χ4v) is 4.52. The van der Waals surface area contributed by atoms with Gasteiger partial charge in [0.2, 0.25) is 5.91 Å². The number of piperidine rings is 1. The summed E-state index contributed by atoms with van der Waals surface area (Å²) in [5, 5.41) is 3.02. The quantitative estimate of drug-likeness (QED) is 0.614. The molecule has 178 valence electrons. The number of likely N-dealkylation sites (tertiary alicyclic amines) is 1. The molecule has 3 aromatic rings. The smallest absolute Gasteiger partial charge is 0.332 e. The van der Waals surface area contributed by atoms with E-state index in [9.17, 15) is 19.2 Å². The summed E-state index contributed by atoms with van der Waals surface area (Å²) in [5.74, 6) is -0.860. The van der Waals surface area contributed by atoms with Crippen molar-refractivity contribution < 1.29 is 9.59 Å². The summed E-state index contributed by atoms with van der Waals surface area (Å²) >= 11 is 6.19. The van der Waals surface area contributed by atoms with Gasteiger partial charge in [0.15, 0.2) is 0 Å². The van der Waals surface area contributed by atoms with Gasteiger partial charge in [-0.2, -0.15) is 0 Å². The molecule has 10 heteroatoms. The third kappa shape index (κ3) is 4.48. The first-order valence-corrected chi connectivity index (χ1v) is 11.5. The Morgan fingerprint density at radius 3 is 2.47 bits per heavy atom. The van der Waals surface area contributed by atoms with Gasteiger partial charge in [-0.25, -0.2) is 9.78 Å². The molecule has 0 atom stereocenters. The molecule has 0 radical (unpaired) electrons. The van der Waals surface area contributed by atoms with Crippen LogP contribution < -0.4 is 16.6 Å². The van der Waals surface area contributed by atoms with E-state index in [4.69, 9.17) is 11.6 Å². The predicted molar refractivity (Wildman–Crippen MR) is 131 cm³/mol. The Kier molecular flexibility index (Phi) is 6.56. The second kappa shape index (κ2) is 9.42. The Morgan fingerprint density at radius 1 is 1.09 bits per heavy atom. The molecule has 2 aromatic heterocycles. The first kappa shape index (κ1) is 23.7. The zero-order chi connectivity index (χ0) is 24.6. The molecule has 4 rings (SSSR count). The highest BCUT2D eigenvalue weighted by molar-refractivity contribution is 6.33. The molecule has 0 saturated carbocycles. The lowest BCUT2D eigenvalue weighted by atomic mass is 10.1. The van der Waals surface area contributed by atoms with Crippen LogP contribution in [0.15, 0.2) is 33.9 Å². The average molecular weight is 484 g/mol. The Labute approximate surface area is 201 Å². The molecule has 9 nitrogen and oxygen atoms in total. The van der Waals surface area contributed by atoms with Crippen molar-refractivity contribution in [3.05, 3.63) is 66.9 Å². The number of hydrogen-bond acceptors (Lipinski definition) is 5. The minimum atomic E-state index is -0.726. The molecule has 34 heavy (non-hydrogen) atoms. The first-order valence-electron chi connectivity index (χ1n) is 11.1. The van der Waals surface area contributed by atoms with Gasteiger partial charge in [0.25, 0.3) is 11.5 Å². The third-order valence-electron chi connectivity index (χ3n) is 6.00. The lowest BCUT2D eigenvalue weighted by Gasteiger charge is -2.27. The monoisotopic (exact) mass is 483 g/mol. The maximum atomic E-state index is 13.5. The van der Waals surface area contributed by atoms with Gasteiger partial charge in [-0.3, -0.25) is 23.5 Å². The van der Waals surface area contributed by atoms with Crippen LogP contribution in [-0.2, 0) is 18.4 Å². The van der Waals surface area contributed by atoms with Gasteiger partial charge in [0.05, 0.1) is 21.7 Å². The van der Waals surface area contributed by atoms with Crippen molar-refractivity contribution in [3.8, 4) is 0 Å². The molecule has 1 fully saturated rings. The number of carbonyl (C=O) groups is 2. The van der Waals surface area contributed by atoms with Gasteiger partial charge in [0.1, 0.15) is 12.2 Å². The van der Waals surface area contributed by atoms with Crippen LogP contribution >= 0.6 is 11.6 Å². The number of nitrogens with zero attached hydrogens (tertiary/aromatic N) is 4. The van der Waals surface area contributed by atoms with Crippen molar-refractivity contribution in [2.24, 2.45) is 7.05 Å². The van der Waals surface area contributed by atoms with Crippen LogP contribution in [0.2, 0.25) is 5.02 Å². The van der Waals surface area contributed by atoms with Crippen LogP contribution in [0.1, 0.15) is 40.9 Å². The molecule has 0 unspecified atom stereocenters.